The molecule has 2 rings (SSSR count). The van der Waals surface area contributed by atoms with Gasteiger partial charge in [-0.05, 0) is 24.8 Å². The summed E-state index contributed by atoms with van der Waals surface area (Å²) in [5.41, 5.74) is 1.10. The molecule has 1 saturated heterocycles. The number of hydrogen-bond acceptors (Lipinski definition) is 2. The van der Waals surface area contributed by atoms with Crippen molar-refractivity contribution in [2.75, 3.05) is 13.2 Å². The zero-order valence-corrected chi connectivity index (χ0v) is 10.5. The van der Waals surface area contributed by atoms with Crippen LogP contribution in [-0.2, 0) is 11.3 Å². The van der Waals surface area contributed by atoms with Gasteiger partial charge in [-0.25, -0.2) is 4.79 Å². The van der Waals surface area contributed by atoms with Crippen molar-refractivity contribution in [3.05, 3.63) is 35.9 Å². The predicted molar refractivity (Wildman–Crippen MR) is 70.3 cm³/mol. The summed E-state index contributed by atoms with van der Waals surface area (Å²) in [5.74, 6) is 0. The summed E-state index contributed by atoms with van der Waals surface area (Å²) in [6.07, 6.45) is 3.50. The van der Waals surface area contributed by atoms with E-state index in [0.29, 0.717) is 19.2 Å². The lowest BCUT2D eigenvalue weighted by molar-refractivity contribution is 0.104. The Morgan fingerprint density at radius 1 is 1.28 bits per heavy atom. The molecule has 1 aliphatic heterocycles. The molecule has 4 nitrogen and oxygen atoms in total. The van der Waals surface area contributed by atoms with Crippen molar-refractivity contribution in [3.8, 4) is 0 Å². The number of urea groups is 1. The Labute approximate surface area is 108 Å². The van der Waals surface area contributed by atoms with E-state index in [2.05, 4.69) is 10.6 Å². The minimum atomic E-state index is -0.114. The summed E-state index contributed by atoms with van der Waals surface area (Å²) < 4.78 is 5.49. The maximum Gasteiger partial charge on any atom is 0.315 e. The van der Waals surface area contributed by atoms with Gasteiger partial charge in [0, 0.05) is 19.7 Å². The van der Waals surface area contributed by atoms with Crippen LogP contribution in [0.5, 0.6) is 0 Å². The lowest BCUT2D eigenvalue weighted by Crippen LogP contribution is -2.36. The fourth-order valence-electron chi connectivity index (χ4n) is 2.06. The fraction of sp³-hybridized carbons (Fsp3) is 0.500. The van der Waals surface area contributed by atoms with E-state index in [4.69, 9.17) is 4.74 Å². The zero-order valence-electron chi connectivity index (χ0n) is 10.5. The quantitative estimate of drug-likeness (QED) is 0.838. The number of hydrogen-bond donors (Lipinski definition) is 2. The summed E-state index contributed by atoms with van der Waals surface area (Å²) in [7, 11) is 0. The predicted octanol–water partition coefficient (Wildman–Crippen LogP) is 2.05. The normalized spacial score (nSPS) is 18.6. The van der Waals surface area contributed by atoms with E-state index < -0.39 is 0 Å². The second-order valence-corrected chi connectivity index (χ2v) is 4.52. The van der Waals surface area contributed by atoms with Crippen molar-refractivity contribution >= 4 is 6.03 Å². The average Bonchev–Trinajstić information content (AvgIpc) is 2.91. The molecule has 98 valence electrons. The summed E-state index contributed by atoms with van der Waals surface area (Å²) in [6.45, 7) is 2.10. The SMILES string of the molecule is O=C(NCC[C@@H]1CCCO1)NCc1ccccc1. The maximum absolute atomic E-state index is 11.5. The minimum Gasteiger partial charge on any atom is -0.378 e. The first-order valence-corrected chi connectivity index (χ1v) is 6.52. The number of amides is 2. The lowest BCUT2D eigenvalue weighted by Gasteiger charge is -2.11. The minimum absolute atomic E-state index is 0.114. The molecule has 1 heterocycles. The number of carbonyl (C=O) groups excluding carboxylic acids is 1. The monoisotopic (exact) mass is 248 g/mol. The van der Waals surface area contributed by atoms with Gasteiger partial charge in [-0.1, -0.05) is 30.3 Å². The summed E-state index contributed by atoms with van der Waals surface area (Å²) >= 11 is 0. The molecular weight excluding hydrogens is 228 g/mol. The van der Waals surface area contributed by atoms with Crippen molar-refractivity contribution in [3.63, 3.8) is 0 Å². The van der Waals surface area contributed by atoms with Gasteiger partial charge in [0.15, 0.2) is 0 Å². The lowest BCUT2D eigenvalue weighted by atomic mass is 10.2. The van der Waals surface area contributed by atoms with Gasteiger partial charge in [0.1, 0.15) is 0 Å². The molecule has 0 saturated carbocycles. The third-order valence-electron chi connectivity index (χ3n) is 3.07. The van der Waals surface area contributed by atoms with E-state index in [9.17, 15) is 4.79 Å². The largest absolute Gasteiger partial charge is 0.378 e. The second kappa shape index (κ2) is 7.01. The Bertz CT molecular complexity index is 361. The van der Waals surface area contributed by atoms with E-state index in [1.54, 1.807) is 0 Å². The van der Waals surface area contributed by atoms with Crippen LogP contribution in [0.4, 0.5) is 4.79 Å². The number of rotatable bonds is 5. The summed E-state index contributed by atoms with van der Waals surface area (Å²) in [4.78, 5) is 11.5. The van der Waals surface area contributed by atoms with Crippen LogP contribution in [0.25, 0.3) is 0 Å². The van der Waals surface area contributed by atoms with Gasteiger partial charge in [-0.15, -0.1) is 0 Å². The molecular formula is C14H20N2O2. The van der Waals surface area contributed by atoms with Gasteiger partial charge in [0.05, 0.1) is 6.10 Å². The highest BCUT2D eigenvalue weighted by molar-refractivity contribution is 5.73. The molecule has 0 aliphatic carbocycles. The van der Waals surface area contributed by atoms with E-state index in [1.165, 1.54) is 0 Å². The summed E-state index contributed by atoms with van der Waals surface area (Å²) in [6, 6.07) is 9.76. The van der Waals surface area contributed by atoms with Crippen LogP contribution < -0.4 is 10.6 Å². The fourth-order valence-corrected chi connectivity index (χ4v) is 2.06. The molecule has 0 spiro atoms. The van der Waals surface area contributed by atoms with Gasteiger partial charge in [-0.2, -0.15) is 0 Å². The third kappa shape index (κ3) is 4.37. The maximum atomic E-state index is 11.5. The molecule has 1 atom stereocenters. The Morgan fingerprint density at radius 2 is 2.11 bits per heavy atom. The van der Waals surface area contributed by atoms with Crippen molar-refractivity contribution in [2.24, 2.45) is 0 Å². The second-order valence-electron chi connectivity index (χ2n) is 4.52. The highest BCUT2D eigenvalue weighted by atomic mass is 16.5. The van der Waals surface area contributed by atoms with E-state index in [0.717, 1.165) is 31.4 Å². The van der Waals surface area contributed by atoms with Crippen LogP contribution in [0.15, 0.2) is 30.3 Å². The molecule has 1 fully saturated rings. The van der Waals surface area contributed by atoms with E-state index in [-0.39, 0.29) is 6.03 Å². The Hall–Kier alpha value is -1.55. The highest BCUT2D eigenvalue weighted by Crippen LogP contribution is 2.14. The number of carbonyl (C=O) groups is 1. The molecule has 4 heteroatoms. The average molecular weight is 248 g/mol. The van der Waals surface area contributed by atoms with Crippen molar-refractivity contribution in [2.45, 2.75) is 31.9 Å². The molecule has 0 unspecified atom stereocenters. The van der Waals surface area contributed by atoms with Crippen LogP contribution in [0.3, 0.4) is 0 Å². The Morgan fingerprint density at radius 3 is 2.83 bits per heavy atom. The Kier molecular flexibility index (Phi) is 5.02. The topological polar surface area (TPSA) is 50.4 Å². The molecule has 0 aromatic heterocycles. The van der Waals surface area contributed by atoms with Crippen LogP contribution in [0.2, 0.25) is 0 Å². The zero-order chi connectivity index (χ0) is 12.6. The number of ether oxygens (including phenoxy) is 1. The first-order valence-electron chi connectivity index (χ1n) is 6.52. The molecule has 1 aliphatic rings. The molecule has 18 heavy (non-hydrogen) atoms. The van der Waals surface area contributed by atoms with E-state index >= 15 is 0 Å². The molecule has 1 aromatic carbocycles. The van der Waals surface area contributed by atoms with Crippen LogP contribution in [0, 0.1) is 0 Å². The van der Waals surface area contributed by atoms with E-state index in [1.807, 2.05) is 30.3 Å². The van der Waals surface area contributed by atoms with Crippen molar-refractivity contribution < 1.29 is 9.53 Å². The van der Waals surface area contributed by atoms with Gasteiger partial charge in [0.25, 0.3) is 0 Å². The molecule has 2 N–H and O–H groups in total. The molecule has 0 radical (unpaired) electrons. The highest BCUT2D eigenvalue weighted by Gasteiger charge is 2.14. The first kappa shape index (κ1) is 12.9. The van der Waals surface area contributed by atoms with Crippen LogP contribution >= 0.6 is 0 Å². The Balaban J connectivity index is 1.57. The number of benzene rings is 1. The molecule has 0 bridgehead atoms. The van der Waals surface area contributed by atoms with Gasteiger partial charge in [-0.3, -0.25) is 0 Å². The van der Waals surface area contributed by atoms with Crippen LogP contribution in [0.1, 0.15) is 24.8 Å². The third-order valence-corrected chi connectivity index (χ3v) is 3.07. The van der Waals surface area contributed by atoms with Crippen molar-refractivity contribution in [1.29, 1.82) is 0 Å². The van der Waals surface area contributed by atoms with Crippen molar-refractivity contribution in [1.82, 2.24) is 10.6 Å². The summed E-state index contributed by atoms with van der Waals surface area (Å²) in [5, 5.41) is 5.68. The molecule has 1 aromatic rings. The first-order chi connectivity index (χ1) is 8.84. The number of nitrogens with one attached hydrogen (secondary N) is 2. The van der Waals surface area contributed by atoms with Gasteiger partial charge < -0.3 is 15.4 Å². The smallest absolute Gasteiger partial charge is 0.315 e. The standard InChI is InChI=1S/C14H20N2O2/c17-14(15-9-8-13-7-4-10-18-13)16-11-12-5-2-1-3-6-12/h1-3,5-6,13H,4,7-11H2,(H2,15,16,17)/t13-/m0/s1. The van der Waals surface area contributed by atoms with Gasteiger partial charge >= 0.3 is 6.03 Å². The molecule has 2 amide bonds. The van der Waals surface area contributed by atoms with Gasteiger partial charge in [0.2, 0.25) is 0 Å². The van der Waals surface area contributed by atoms with Crippen LogP contribution in [-0.4, -0.2) is 25.3 Å².